The third kappa shape index (κ3) is 5.71. The van der Waals surface area contributed by atoms with Gasteiger partial charge in [0.05, 0.1) is 28.8 Å². The third-order valence-electron chi connectivity index (χ3n) is 7.12. The van der Waals surface area contributed by atoms with Gasteiger partial charge in [-0.1, -0.05) is 0 Å². The average molecular weight is 617 g/mol. The fourth-order valence-corrected chi connectivity index (χ4v) is 5.25. The lowest BCUT2D eigenvalue weighted by Gasteiger charge is -2.21. The number of amides is 1. The van der Waals surface area contributed by atoms with E-state index in [1.807, 2.05) is 0 Å². The number of aryl methyl sites for hydroxylation is 1. The van der Waals surface area contributed by atoms with Gasteiger partial charge in [0.15, 0.2) is 0 Å². The second-order valence-corrected chi connectivity index (χ2v) is 12.0. The minimum atomic E-state index is -3.77. The highest BCUT2D eigenvalue weighted by Crippen LogP contribution is 2.41. The lowest BCUT2D eigenvalue weighted by molar-refractivity contribution is 0.0964. The largest absolute Gasteiger partial charge is 0.455 e. The molecule has 0 saturated carbocycles. The van der Waals surface area contributed by atoms with Crippen LogP contribution in [0.1, 0.15) is 28.5 Å². The van der Waals surface area contributed by atoms with Crippen LogP contribution in [-0.4, -0.2) is 44.6 Å². The van der Waals surface area contributed by atoms with E-state index < -0.39 is 27.3 Å². The predicted molar refractivity (Wildman–Crippen MR) is 168 cm³/mol. The van der Waals surface area contributed by atoms with Gasteiger partial charge in [-0.05, 0) is 68.5 Å². The molecule has 0 bridgehead atoms. The van der Waals surface area contributed by atoms with Crippen molar-refractivity contribution in [2.45, 2.75) is 13.8 Å². The number of fused-ring (bicyclic) bond motifs is 1. The lowest BCUT2D eigenvalue weighted by atomic mass is 9.98. The zero-order chi connectivity index (χ0) is 31.8. The van der Waals surface area contributed by atoms with Gasteiger partial charge in [-0.3, -0.25) is 18.9 Å². The quantitative estimate of drug-likeness (QED) is 0.220. The number of benzene rings is 2. The van der Waals surface area contributed by atoms with Crippen LogP contribution in [0.2, 0.25) is 0 Å². The second kappa shape index (κ2) is 11.8. The Kier molecular flexibility index (Phi) is 8.11. The van der Waals surface area contributed by atoms with Gasteiger partial charge in [-0.25, -0.2) is 12.8 Å². The van der Waals surface area contributed by atoms with Gasteiger partial charge in [0.2, 0.25) is 10.0 Å². The van der Waals surface area contributed by atoms with Gasteiger partial charge in [0, 0.05) is 54.6 Å². The van der Waals surface area contributed by atoms with Crippen molar-refractivity contribution < 1.29 is 26.8 Å². The van der Waals surface area contributed by atoms with Crippen LogP contribution in [0.25, 0.3) is 39.2 Å². The molecule has 2 aromatic carbocycles. The molecule has 44 heavy (non-hydrogen) atoms. The van der Waals surface area contributed by atoms with Crippen molar-refractivity contribution in [2.75, 3.05) is 24.7 Å². The van der Waals surface area contributed by atoms with Crippen LogP contribution in [0, 0.1) is 12.7 Å². The van der Waals surface area contributed by atoms with E-state index in [9.17, 15) is 22.4 Å². The fourth-order valence-electron chi connectivity index (χ4n) is 4.75. The minimum absolute atomic E-state index is 0.179. The Hall–Kier alpha value is -5.23. The molecule has 0 radical (unpaired) electrons. The van der Waals surface area contributed by atoms with E-state index in [0.29, 0.717) is 33.5 Å². The molecule has 226 valence electrons. The number of hydrogen-bond acceptors (Lipinski definition) is 7. The highest BCUT2D eigenvalue weighted by molar-refractivity contribution is 7.92. The van der Waals surface area contributed by atoms with Crippen LogP contribution in [0.15, 0.2) is 82.3 Å². The fraction of sp³-hybridized carbons (Fsp3) is 0.156. The van der Waals surface area contributed by atoms with Crippen LogP contribution in [0.4, 0.5) is 10.1 Å². The third-order valence-corrected chi connectivity index (χ3v) is 8.32. The monoisotopic (exact) mass is 616 g/mol. The van der Waals surface area contributed by atoms with E-state index in [1.54, 1.807) is 50.4 Å². The van der Waals surface area contributed by atoms with E-state index in [4.69, 9.17) is 9.15 Å². The number of halogens is 1. The molecule has 5 rings (SSSR count). The summed E-state index contributed by atoms with van der Waals surface area (Å²) in [6, 6.07) is 13.7. The van der Waals surface area contributed by atoms with Crippen molar-refractivity contribution in [1.29, 1.82) is 0 Å². The number of aromatic amines is 1. The Morgan fingerprint density at radius 2 is 1.86 bits per heavy atom. The molecule has 0 aliphatic rings. The summed E-state index contributed by atoms with van der Waals surface area (Å²) in [7, 11) is -0.903. The van der Waals surface area contributed by atoms with E-state index in [1.165, 1.54) is 50.6 Å². The van der Waals surface area contributed by atoms with Gasteiger partial charge < -0.3 is 19.5 Å². The minimum Gasteiger partial charge on any atom is -0.455 e. The molecule has 3 aromatic heterocycles. The van der Waals surface area contributed by atoms with Gasteiger partial charge in [0.25, 0.3) is 11.5 Å². The maximum absolute atomic E-state index is 13.7. The Morgan fingerprint density at radius 1 is 1.14 bits per heavy atom. The Balaban J connectivity index is 1.77. The normalized spacial score (nSPS) is 11.9. The molecule has 0 spiro atoms. The number of nitrogens with zero attached hydrogens (tertiary/aromatic N) is 2. The number of carbonyl (C=O) groups is 1. The Morgan fingerprint density at radius 3 is 2.50 bits per heavy atom. The van der Waals surface area contributed by atoms with E-state index in [2.05, 4.69) is 15.3 Å². The highest BCUT2D eigenvalue weighted by atomic mass is 32.2. The van der Waals surface area contributed by atoms with Crippen LogP contribution < -0.4 is 19.9 Å². The van der Waals surface area contributed by atoms with Crippen molar-refractivity contribution in [3.05, 3.63) is 106 Å². The molecular formula is C32H29FN4O6S. The molecule has 5 aromatic rings. The van der Waals surface area contributed by atoms with Crippen LogP contribution in [0.3, 0.4) is 0 Å². The molecule has 0 aliphatic heterocycles. The molecule has 3 heterocycles. The predicted octanol–water partition coefficient (Wildman–Crippen LogP) is 5.49. The number of furan rings is 1. The molecule has 0 unspecified atom stereocenters. The van der Waals surface area contributed by atoms with E-state index in [-0.39, 0.29) is 33.9 Å². The molecule has 12 heteroatoms. The van der Waals surface area contributed by atoms with Crippen molar-refractivity contribution >= 4 is 38.3 Å². The molecule has 0 aliphatic carbocycles. The zero-order valence-electron chi connectivity index (χ0n) is 24.6. The van der Waals surface area contributed by atoms with Crippen LogP contribution in [-0.2, 0) is 10.0 Å². The number of pyridine rings is 2. The number of nitrogens with one attached hydrogen (secondary N) is 2. The van der Waals surface area contributed by atoms with Crippen molar-refractivity contribution in [3.8, 4) is 28.2 Å². The summed E-state index contributed by atoms with van der Waals surface area (Å²) in [5, 5.41) is 2.99. The lowest BCUT2D eigenvalue weighted by Crippen LogP contribution is -2.25. The first-order chi connectivity index (χ1) is 20.9. The maximum Gasteiger partial charge on any atom is 0.259 e. The molecule has 10 nitrogen and oxygen atoms in total. The van der Waals surface area contributed by atoms with Crippen LogP contribution in [0.5, 0.6) is 5.75 Å². The number of H-pyrrole nitrogens is 1. The average Bonchev–Trinajstić information content (AvgIpc) is 3.38. The first kappa shape index (κ1) is 30.2. The standard InChI is InChI=1S/C32H29FN4O6S/c1-6-26(42-27-8-7-13-35-18(27)2)24-14-20(17-36-31(24)38)22-15-23-28(16-25(22)37(4)44(5,40)41)43-30(29(23)32(39)34-3)19-9-11-21(33)12-10-19/h6-17H,1-5H3,(H,34,39)(H,36,38). The van der Waals surface area contributed by atoms with E-state index in [0.717, 1.165) is 10.6 Å². The van der Waals surface area contributed by atoms with E-state index >= 15 is 0 Å². The molecule has 0 fully saturated rings. The molecule has 1 amide bonds. The summed E-state index contributed by atoms with van der Waals surface area (Å²) >= 11 is 0. The smallest absolute Gasteiger partial charge is 0.259 e. The van der Waals surface area contributed by atoms with Crippen molar-refractivity contribution in [2.24, 2.45) is 0 Å². The summed E-state index contributed by atoms with van der Waals surface area (Å²) < 4.78 is 52.4. The summed E-state index contributed by atoms with van der Waals surface area (Å²) in [5.41, 5.74) is 2.28. The first-order valence-corrected chi connectivity index (χ1v) is 15.3. The van der Waals surface area contributed by atoms with Crippen molar-refractivity contribution in [3.63, 3.8) is 0 Å². The second-order valence-electron chi connectivity index (χ2n) is 9.96. The SMILES string of the molecule is CC=C(Oc1cccnc1C)c1cc(-c2cc3c(C(=O)NC)c(-c4ccc(F)cc4)oc3cc2N(C)S(C)(=O)=O)c[nH]c1=O. The number of allylic oxidation sites excluding steroid dienone is 1. The summed E-state index contributed by atoms with van der Waals surface area (Å²) in [5.74, 6) is -0.00911. The molecule has 0 saturated heterocycles. The van der Waals surface area contributed by atoms with Gasteiger partial charge >= 0.3 is 0 Å². The summed E-state index contributed by atoms with van der Waals surface area (Å²) in [6.45, 7) is 3.50. The first-order valence-electron chi connectivity index (χ1n) is 13.4. The number of sulfonamides is 1. The van der Waals surface area contributed by atoms with Gasteiger partial charge in [0.1, 0.15) is 28.7 Å². The highest BCUT2D eigenvalue weighted by Gasteiger charge is 2.26. The molecule has 0 atom stereocenters. The van der Waals surface area contributed by atoms with Crippen LogP contribution >= 0.6 is 0 Å². The number of ether oxygens (including phenoxy) is 1. The number of hydrogen-bond donors (Lipinski definition) is 2. The topological polar surface area (TPSA) is 135 Å². The molecule has 2 N–H and O–H groups in total. The van der Waals surface area contributed by atoms with Crippen molar-refractivity contribution in [1.82, 2.24) is 15.3 Å². The maximum atomic E-state index is 13.7. The zero-order valence-corrected chi connectivity index (χ0v) is 25.4. The summed E-state index contributed by atoms with van der Waals surface area (Å²) in [6.07, 6.45) is 5.78. The Labute approximate surface area is 252 Å². The van der Waals surface area contributed by atoms with Gasteiger partial charge in [-0.2, -0.15) is 0 Å². The van der Waals surface area contributed by atoms with Gasteiger partial charge in [-0.15, -0.1) is 0 Å². The Bertz CT molecular complexity index is 2100. The number of rotatable bonds is 8. The summed E-state index contributed by atoms with van der Waals surface area (Å²) in [4.78, 5) is 33.2. The number of anilines is 1. The molecular weight excluding hydrogens is 587 g/mol. The number of aromatic nitrogens is 2. The number of carbonyl (C=O) groups excluding carboxylic acids is 1.